The van der Waals surface area contributed by atoms with E-state index in [9.17, 15) is 4.79 Å². The van der Waals surface area contributed by atoms with Crippen molar-refractivity contribution < 1.29 is 4.79 Å². The first-order valence-electron chi connectivity index (χ1n) is 4.51. The number of hydrogen-bond acceptors (Lipinski definition) is 2. The summed E-state index contributed by atoms with van der Waals surface area (Å²) >= 11 is 0. The molecule has 0 fully saturated rings. The summed E-state index contributed by atoms with van der Waals surface area (Å²) in [5.41, 5.74) is 0. The number of unbranched alkanes of at least 4 members (excludes halogenated alkanes) is 2. The maximum atomic E-state index is 11.0. The van der Waals surface area contributed by atoms with Crippen LogP contribution in [0, 0.1) is 0 Å². The largest absolute Gasteiger partial charge is 0.311 e. The van der Waals surface area contributed by atoms with Crippen molar-refractivity contribution >= 4 is 5.78 Å². The molecule has 12 heavy (non-hydrogen) atoms. The Hall–Kier alpha value is -0.630. The van der Waals surface area contributed by atoms with Crippen LogP contribution >= 0.6 is 0 Å². The molecule has 0 amide bonds. The van der Waals surface area contributed by atoms with Gasteiger partial charge in [0.1, 0.15) is 5.78 Å². The van der Waals surface area contributed by atoms with E-state index in [4.69, 9.17) is 0 Å². The molecular weight excluding hydrogens is 150 g/mol. The fraction of sp³-hybridized carbons (Fsp3) is 0.700. The molecule has 70 valence electrons. The summed E-state index contributed by atoms with van der Waals surface area (Å²) in [6.07, 6.45) is 6.14. The number of allylic oxidation sites excluding steroid dienone is 1. The smallest absolute Gasteiger partial charge is 0.146 e. The molecule has 0 aliphatic heterocycles. The van der Waals surface area contributed by atoms with Gasteiger partial charge in [-0.15, -0.1) is 6.58 Å². The van der Waals surface area contributed by atoms with E-state index in [0.717, 1.165) is 25.7 Å². The molecule has 1 N–H and O–H groups in total. The molecule has 2 heteroatoms. The van der Waals surface area contributed by atoms with Crippen LogP contribution in [0.15, 0.2) is 12.7 Å². The number of hydrogen-bond donors (Lipinski definition) is 1. The molecule has 2 nitrogen and oxygen atoms in total. The Morgan fingerprint density at radius 1 is 1.58 bits per heavy atom. The molecule has 0 heterocycles. The van der Waals surface area contributed by atoms with Gasteiger partial charge in [-0.05, 0) is 33.2 Å². The summed E-state index contributed by atoms with van der Waals surface area (Å²) in [5, 5.41) is 3.00. The lowest BCUT2D eigenvalue weighted by Gasteiger charge is -2.11. The Kier molecular flexibility index (Phi) is 6.67. The molecule has 0 radical (unpaired) electrons. The van der Waals surface area contributed by atoms with Crippen LogP contribution in [-0.4, -0.2) is 18.9 Å². The fourth-order valence-electron chi connectivity index (χ4n) is 1.19. The zero-order chi connectivity index (χ0) is 9.40. The highest BCUT2D eigenvalue weighted by molar-refractivity contribution is 5.81. The van der Waals surface area contributed by atoms with Crippen molar-refractivity contribution in [3.05, 3.63) is 12.7 Å². The Bertz CT molecular complexity index is 143. The van der Waals surface area contributed by atoms with Crippen LogP contribution in [0.3, 0.4) is 0 Å². The van der Waals surface area contributed by atoms with E-state index in [1.54, 1.807) is 6.92 Å². The second kappa shape index (κ2) is 7.04. The molecule has 0 bridgehead atoms. The highest BCUT2D eigenvalue weighted by Crippen LogP contribution is 2.04. The van der Waals surface area contributed by atoms with Crippen LogP contribution in [0.25, 0.3) is 0 Å². The topological polar surface area (TPSA) is 29.1 Å². The van der Waals surface area contributed by atoms with Crippen LogP contribution in [0.2, 0.25) is 0 Å². The lowest BCUT2D eigenvalue weighted by molar-refractivity contribution is -0.119. The third kappa shape index (κ3) is 5.08. The van der Waals surface area contributed by atoms with Gasteiger partial charge >= 0.3 is 0 Å². The lowest BCUT2D eigenvalue weighted by atomic mass is 10.1. The predicted octanol–water partition coefficient (Wildman–Crippen LogP) is 1.91. The molecule has 0 aliphatic carbocycles. The van der Waals surface area contributed by atoms with Gasteiger partial charge in [0.05, 0.1) is 6.04 Å². The van der Waals surface area contributed by atoms with Gasteiger partial charge in [-0.2, -0.15) is 0 Å². The Morgan fingerprint density at radius 2 is 2.25 bits per heavy atom. The third-order valence-corrected chi connectivity index (χ3v) is 1.99. The van der Waals surface area contributed by atoms with Gasteiger partial charge in [0.2, 0.25) is 0 Å². The van der Waals surface area contributed by atoms with Crippen molar-refractivity contribution in [2.45, 2.75) is 38.6 Å². The van der Waals surface area contributed by atoms with Crippen molar-refractivity contribution in [2.24, 2.45) is 0 Å². The quantitative estimate of drug-likeness (QED) is 0.466. The molecule has 0 aromatic heterocycles. The highest BCUT2D eigenvalue weighted by atomic mass is 16.1. The summed E-state index contributed by atoms with van der Waals surface area (Å²) < 4.78 is 0. The van der Waals surface area contributed by atoms with E-state index in [1.807, 2.05) is 13.1 Å². The standard InChI is InChI=1S/C10H19NO/c1-4-5-6-7-8-10(11-3)9(2)12/h4,10-11H,1,5-8H2,2-3H3/t10-/m1/s1. The van der Waals surface area contributed by atoms with E-state index in [2.05, 4.69) is 11.9 Å². The monoisotopic (exact) mass is 169 g/mol. The van der Waals surface area contributed by atoms with Gasteiger partial charge in [0.15, 0.2) is 0 Å². The first kappa shape index (κ1) is 11.4. The van der Waals surface area contributed by atoms with Crippen LogP contribution < -0.4 is 5.32 Å². The molecule has 0 aromatic carbocycles. The van der Waals surface area contributed by atoms with E-state index < -0.39 is 0 Å². The number of likely N-dealkylation sites (N-methyl/N-ethyl adjacent to an activating group) is 1. The first-order valence-corrected chi connectivity index (χ1v) is 4.51. The maximum Gasteiger partial charge on any atom is 0.146 e. The van der Waals surface area contributed by atoms with E-state index in [0.29, 0.717) is 0 Å². The first-order chi connectivity index (χ1) is 5.72. The minimum atomic E-state index is 0.0508. The molecule has 0 unspecified atom stereocenters. The SMILES string of the molecule is C=CCCCC[C@@H](NC)C(C)=O. The highest BCUT2D eigenvalue weighted by Gasteiger charge is 2.09. The minimum Gasteiger partial charge on any atom is -0.311 e. The molecule has 0 saturated heterocycles. The van der Waals surface area contributed by atoms with Gasteiger partial charge in [-0.3, -0.25) is 4.79 Å². The Balaban J connectivity index is 3.44. The van der Waals surface area contributed by atoms with Crippen LogP contribution in [0.4, 0.5) is 0 Å². The molecule has 0 aromatic rings. The molecule has 0 saturated carbocycles. The van der Waals surface area contributed by atoms with Gasteiger partial charge in [-0.25, -0.2) is 0 Å². The zero-order valence-electron chi connectivity index (χ0n) is 8.10. The lowest BCUT2D eigenvalue weighted by Crippen LogP contribution is -2.31. The van der Waals surface area contributed by atoms with Crippen molar-refractivity contribution in [1.82, 2.24) is 5.32 Å². The van der Waals surface area contributed by atoms with E-state index in [1.165, 1.54) is 0 Å². The van der Waals surface area contributed by atoms with Crippen LogP contribution in [0.1, 0.15) is 32.6 Å². The number of Topliss-reactive ketones (excluding diaryl/α,β-unsaturated/α-hetero) is 1. The second-order valence-electron chi connectivity index (χ2n) is 3.03. The minimum absolute atomic E-state index is 0.0508. The zero-order valence-corrected chi connectivity index (χ0v) is 8.10. The Labute approximate surface area is 75.0 Å². The van der Waals surface area contributed by atoms with Crippen LogP contribution in [0.5, 0.6) is 0 Å². The van der Waals surface area contributed by atoms with Crippen molar-refractivity contribution in [3.8, 4) is 0 Å². The molecule has 0 rings (SSSR count). The number of carbonyl (C=O) groups is 1. The number of ketones is 1. The van der Waals surface area contributed by atoms with Gasteiger partial charge in [-0.1, -0.05) is 12.5 Å². The summed E-state index contributed by atoms with van der Waals surface area (Å²) in [6.45, 7) is 5.28. The number of nitrogens with one attached hydrogen (secondary N) is 1. The molecule has 0 aliphatic rings. The van der Waals surface area contributed by atoms with Crippen molar-refractivity contribution in [1.29, 1.82) is 0 Å². The maximum absolute atomic E-state index is 11.0. The predicted molar refractivity (Wildman–Crippen MR) is 52.2 cm³/mol. The van der Waals surface area contributed by atoms with Crippen molar-refractivity contribution in [3.63, 3.8) is 0 Å². The number of carbonyl (C=O) groups excluding carboxylic acids is 1. The Morgan fingerprint density at radius 3 is 2.67 bits per heavy atom. The van der Waals surface area contributed by atoms with Gasteiger partial charge in [0, 0.05) is 0 Å². The second-order valence-corrected chi connectivity index (χ2v) is 3.03. The molecule has 1 atom stereocenters. The third-order valence-electron chi connectivity index (χ3n) is 1.99. The van der Waals surface area contributed by atoms with Crippen LogP contribution in [-0.2, 0) is 4.79 Å². The average molecular weight is 169 g/mol. The summed E-state index contributed by atoms with van der Waals surface area (Å²) in [4.78, 5) is 11.0. The average Bonchev–Trinajstić information content (AvgIpc) is 2.04. The van der Waals surface area contributed by atoms with Gasteiger partial charge < -0.3 is 5.32 Å². The van der Waals surface area contributed by atoms with E-state index >= 15 is 0 Å². The normalized spacial score (nSPS) is 12.5. The fourth-order valence-corrected chi connectivity index (χ4v) is 1.19. The molecular formula is C10H19NO. The van der Waals surface area contributed by atoms with Gasteiger partial charge in [0.25, 0.3) is 0 Å². The van der Waals surface area contributed by atoms with Crippen molar-refractivity contribution in [2.75, 3.05) is 7.05 Å². The number of rotatable bonds is 7. The summed E-state index contributed by atoms with van der Waals surface area (Å²) in [7, 11) is 1.83. The summed E-state index contributed by atoms with van der Waals surface area (Å²) in [5.74, 6) is 0.233. The molecule has 0 spiro atoms. The summed E-state index contributed by atoms with van der Waals surface area (Å²) in [6, 6.07) is 0.0508. The van der Waals surface area contributed by atoms with E-state index in [-0.39, 0.29) is 11.8 Å².